The Morgan fingerprint density at radius 2 is 1.02 bits per heavy atom. The number of methoxy groups -OCH3 is 3. The van der Waals surface area contributed by atoms with E-state index in [2.05, 4.69) is 29.6 Å². The highest BCUT2D eigenvalue weighted by Gasteiger charge is 2.19. The van der Waals surface area contributed by atoms with E-state index in [0.29, 0.717) is 45.5 Å². The molecule has 0 saturated heterocycles. The number of benzene rings is 4. The number of carbonyl (C=O) groups is 2. The average Bonchev–Trinajstić information content (AvgIpc) is 3.24. The van der Waals surface area contributed by atoms with Gasteiger partial charge in [0.15, 0.2) is 0 Å². The van der Waals surface area contributed by atoms with Gasteiger partial charge >= 0.3 is 11.9 Å². The van der Waals surface area contributed by atoms with Crippen LogP contribution >= 0.6 is 0 Å². The van der Waals surface area contributed by atoms with Crippen molar-refractivity contribution in [3.05, 3.63) is 162 Å². The maximum atomic E-state index is 12.1. The summed E-state index contributed by atoms with van der Waals surface area (Å²) < 4.78 is 37.6. The van der Waals surface area contributed by atoms with Crippen LogP contribution in [0.15, 0.2) is 128 Å². The molecule has 15 heteroatoms. The summed E-state index contributed by atoms with van der Waals surface area (Å²) in [6.45, 7) is 14.4. The van der Waals surface area contributed by atoms with Gasteiger partial charge < -0.3 is 33.2 Å². The maximum Gasteiger partial charge on any atom is 0.341 e. The van der Waals surface area contributed by atoms with Gasteiger partial charge in [-0.2, -0.15) is 0 Å². The topological polar surface area (TPSA) is 159 Å². The summed E-state index contributed by atoms with van der Waals surface area (Å²) in [6, 6.07) is 30.7. The van der Waals surface area contributed by atoms with E-state index < -0.39 is 5.97 Å². The van der Waals surface area contributed by atoms with Gasteiger partial charge in [-0.25, -0.2) is 34.4 Å². The van der Waals surface area contributed by atoms with Crippen molar-refractivity contribution in [3.63, 3.8) is 0 Å². The van der Waals surface area contributed by atoms with Gasteiger partial charge in [0.1, 0.15) is 41.2 Å². The number of hydrogen-bond donors (Lipinski definition) is 0. The van der Waals surface area contributed by atoms with Crippen LogP contribution < -0.4 is 18.9 Å². The van der Waals surface area contributed by atoms with E-state index in [9.17, 15) is 9.59 Å². The van der Waals surface area contributed by atoms with Crippen LogP contribution in [0, 0.1) is 13.1 Å². The summed E-state index contributed by atoms with van der Waals surface area (Å²) in [5, 5.41) is 0. The van der Waals surface area contributed by atoms with Crippen molar-refractivity contribution in [1.29, 1.82) is 0 Å². The lowest BCUT2D eigenvalue weighted by molar-refractivity contribution is -0.139. The largest absolute Gasteiger partial charge is 0.503 e. The maximum absolute atomic E-state index is 12.1. The van der Waals surface area contributed by atoms with E-state index >= 15 is 0 Å². The number of ether oxygens (including phenoxy) is 7. The normalized spacial score (nSPS) is 10.3. The Bertz CT molecular complexity index is 2460. The van der Waals surface area contributed by atoms with E-state index in [1.54, 1.807) is 97.1 Å². The molecule has 0 radical (unpaired) electrons. The monoisotopic (exact) mass is 764 g/mol. The van der Waals surface area contributed by atoms with Crippen LogP contribution in [0.4, 0.5) is 11.4 Å². The number of para-hydroxylation sites is 6. The Morgan fingerprint density at radius 3 is 1.51 bits per heavy atom. The molecule has 0 atom stereocenters. The third-order valence-corrected chi connectivity index (χ3v) is 7.42. The molecule has 0 fully saturated rings. The fourth-order valence-electron chi connectivity index (χ4n) is 4.80. The van der Waals surface area contributed by atoms with Crippen LogP contribution in [-0.4, -0.2) is 53.2 Å². The lowest BCUT2D eigenvalue weighted by atomic mass is 10.1. The number of carbonyl (C=O) groups excluding carboxylic acids is 2. The molecule has 15 nitrogen and oxygen atoms in total. The van der Waals surface area contributed by atoms with Crippen LogP contribution in [0.1, 0.15) is 11.1 Å². The number of rotatable bonds is 13. The summed E-state index contributed by atoms with van der Waals surface area (Å²) in [5.74, 6) is 1.54. The van der Waals surface area contributed by atoms with Gasteiger partial charge in [-0.3, -0.25) is 4.79 Å². The van der Waals surface area contributed by atoms with Gasteiger partial charge in [-0.15, -0.1) is 0 Å². The number of hydrogen-bond acceptors (Lipinski definition) is 13. The minimum atomic E-state index is -0.574. The van der Waals surface area contributed by atoms with Crippen LogP contribution in [0.2, 0.25) is 0 Å². The molecule has 0 aliphatic heterocycles. The standard InChI is InChI=1S/C22H17N3O5.C20H15N3O4/c1-23-17-9-5-7-11-19(17)30-21-12-20(24-14-25-21)29-18-10-6-4-8-15(18)16(13-27-2)22(26)28-3;1-21-15-8-4-6-10-17(15)27-19-12-18(22-13-23-19)26-16-9-5-3-7-14(16)11-20(24)25-2/h4-14H,2-3H3;3-10,12-13H,11H2,2H3/b16-13+;. The first-order valence-electron chi connectivity index (χ1n) is 16.7. The molecule has 2 heterocycles. The minimum Gasteiger partial charge on any atom is -0.503 e. The Hall–Kier alpha value is -8.30. The van der Waals surface area contributed by atoms with Crippen molar-refractivity contribution < 1.29 is 42.7 Å². The predicted molar refractivity (Wildman–Crippen MR) is 205 cm³/mol. The molecule has 0 amide bonds. The van der Waals surface area contributed by atoms with Crippen molar-refractivity contribution in [1.82, 2.24) is 19.9 Å². The second-order valence-electron chi connectivity index (χ2n) is 11.1. The Balaban J connectivity index is 0.000000219. The van der Waals surface area contributed by atoms with Crippen LogP contribution in [0.3, 0.4) is 0 Å². The van der Waals surface area contributed by atoms with Gasteiger partial charge in [0, 0.05) is 11.1 Å². The van der Waals surface area contributed by atoms with Crippen molar-refractivity contribution in [2.75, 3.05) is 21.3 Å². The molecule has 6 aromatic rings. The quantitative estimate of drug-likeness (QED) is 0.0475. The zero-order valence-electron chi connectivity index (χ0n) is 30.7. The van der Waals surface area contributed by atoms with E-state index in [0.717, 1.165) is 0 Å². The molecule has 2 aromatic heterocycles. The Labute approximate surface area is 327 Å². The summed E-state index contributed by atoms with van der Waals surface area (Å²) in [7, 11) is 4.05. The second-order valence-corrected chi connectivity index (χ2v) is 11.1. The SMILES string of the molecule is [C-]#[N+]c1ccccc1Oc1cc(Oc2ccccc2/C(=C\OC)C(=O)OC)ncn1.[C-]#[N+]c1ccccc1Oc1cc(Oc2ccccc2CC(=O)OC)ncn1. The van der Waals surface area contributed by atoms with E-state index in [-0.39, 0.29) is 41.5 Å². The van der Waals surface area contributed by atoms with Gasteiger partial charge in [-0.05, 0) is 24.3 Å². The highest BCUT2D eigenvalue weighted by molar-refractivity contribution is 6.17. The Morgan fingerprint density at radius 1 is 0.579 bits per heavy atom. The first kappa shape index (κ1) is 39.9. The lowest BCUT2D eigenvalue weighted by Crippen LogP contribution is -2.06. The summed E-state index contributed by atoms with van der Waals surface area (Å²) in [6.07, 6.45) is 3.94. The molecule has 0 spiro atoms. The molecule has 284 valence electrons. The van der Waals surface area contributed by atoms with Crippen molar-refractivity contribution >= 4 is 28.9 Å². The minimum absolute atomic E-state index is 0.0828. The summed E-state index contributed by atoms with van der Waals surface area (Å²) in [5.41, 5.74) is 2.06. The molecule has 0 bridgehead atoms. The zero-order chi connectivity index (χ0) is 40.4. The molecule has 4 aromatic carbocycles. The van der Waals surface area contributed by atoms with E-state index in [4.69, 9.17) is 46.3 Å². The van der Waals surface area contributed by atoms with E-state index in [1.165, 1.54) is 52.4 Å². The summed E-state index contributed by atoms with van der Waals surface area (Å²) in [4.78, 5) is 46.8. The first-order chi connectivity index (χ1) is 27.8. The highest BCUT2D eigenvalue weighted by atomic mass is 16.5. The smallest absolute Gasteiger partial charge is 0.341 e. The number of aromatic nitrogens is 4. The van der Waals surface area contributed by atoms with E-state index in [1.807, 2.05) is 0 Å². The molecular weight excluding hydrogens is 732 g/mol. The molecule has 0 unspecified atom stereocenters. The van der Waals surface area contributed by atoms with Gasteiger partial charge in [-0.1, -0.05) is 72.8 Å². The fourth-order valence-corrected chi connectivity index (χ4v) is 4.80. The number of nitrogens with zero attached hydrogens (tertiary/aromatic N) is 6. The molecule has 0 aliphatic carbocycles. The Kier molecular flexibility index (Phi) is 14.2. The van der Waals surface area contributed by atoms with Crippen LogP contribution in [0.25, 0.3) is 15.3 Å². The first-order valence-corrected chi connectivity index (χ1v) is 16.7. The van der Waals surface area contributed by atoms with Gasteiger partial charge in [0.2, 0.25) is 34.9 Å². The van der Waals surface area contributed by atoms with Crippen LogP contribution in [0.5, 0.6) is 46.5 Å². The third-order valence-electron chi connectivity index (χ3n) is 7.42. The molecule has 0 aliphatic rings. The third kappa shape index (κ3) is 11.1. The zero-order valence-corrected chi connectivity index (χ0v) is 30.7. The number of esters is 2. The average molecular weight is 765 g/mol. The van der Waals surface area contributed by atoms with Crippen molar-refractivity contribution in [3.8, 4) is 46.5 Å². The van der Waals surface area contributed by atoms with Crippen molar-refractivity contribution in [2.45, 2.75) is 6.42 Å². The summed E-state index contributed by atoms with van der Waals surface area (Å²) >= 11 is 0. The van der Waals surface area contributed by atoms with Gasteiger partial charge in [0.25, 0.3) is 0 Å². The molecule has 0 saturated carbocycles. The molecular formula is C42H32N6O9. The molecule has 0 N–H and O–H groups in total. The van der Waals surface area contributed by atoms with Crippen molar-refractivity contribution in [2.24, 2.45) is 0 Å². The second kappa shape index (κ2) is 20.2. The fraction of sp³-hybridized carbons (Fsp3) is 0.0952. The highest BCUT2D eigenvalue weighted by Crippen LogP contribution is 2.35. The van der Waals surface area contributed by atoms with Gasteiger partial charge in [0.05, 0.1) is 59.3 Å². The lowest BCUT2D eigenvalue weighted by Gasteiger charge is -2.12. The predicted octanol–water partition coefficient (Wildman–Crippen LogP) is 9.10. The molecule has 6 rings (SSSR count). The van der Waals surface area contributed by atoms with Crippen LogP contribution in [-0.2, 0) is 30.2 Å². The molecule has 57 heavy (non-hydrogen) atoms.